The Hall–Kier alpha value is -1.26. The number of benzene rings is 1. The van der Waals surface area contributed by atoms with E-state index in [4.69, 9.17) is 10.5 Å². The Labute approximate surface area is 116 Å². The Kier molecular flexibility index (Phi) is 5.05. The molecule has 0 spiro atoms. The van der Waals surface area contributed by atoms with Gasteiger partial charge in [-0.3, -0.25) is 4.90 Å². The van der Waals surface area contributed by atoms with E-state index in [1.165, 1.54) is 19.6 Å². The molecule has 1 aliphatic rings. The van der Waals surface area contributed by atoms with Gasteiger partial charge in [0.25, 0.3) is 0 Å². The Balaban J connectivity index is 1.65. The highest BCUT2D eigenvalue weighted by atomic mass is 16.5. The molecule has 1 aromatic rings. The van der Waals surface area contributed by atoms with Gasteiger partial charge in [0.2, 0.25) is 0 Å². The third kappa shape index (κ3) is 4.40. The van der Waals surface area contributed by atoms with Crippen LogP contribution in [0.5, 0.6) is 5.75 Å². The van der Waals surface area contributed by atoms with Crippen LogP contribution in [0.4, 0.5) is 5.69 Å². The lowest BCUT2D eigenvalue weighted by atomic mass is 10.2. The first-order chi connectivity index (χ1) is 9.15. The number of nitrogens with two attached hydrogens (primary N) is 1. The predicted octanol–water partition coefficient (Wildman–Crippen LogP) is 1.67. The molecular weight excluding hydrogens is 238 g/mol. The number of hydrogen-bond acceptors (Lipinski definition) is 4. The molecular formula is C15H25N3O. The number of nitrogen functional groups attached to an aromatic ring is 1. The number of nitrogens with zero attached hydrogens (tertiary/aromatic N) is 2. The fraction of sp³-hybridized carbons (Fsp3) is 0.600. The van der Waals surface area contributed by atoms with Gasteiger partial charge < -0.3 is 15.4 Å². The molecule has 0 amide bonds. The molecule has 1 fully saturated rings. The first-order valence-corrected chi connectivity index (χ1v) is 7.06. The Morgan fingerprint density at radius 1 is 1.26 bits per heavy atom. The Bertz CT molecular complexity index is 379. The van der Waals surface area contributed by atoms with Gasteiger partial charge in [0.15, 0.2) is 0 Å². The van der Waals surface area contributed by atoms with E-state index < -0.39 is 0 Å². The zero-order chi connectivity index (χ0) is 13.7. The van der Waals surface area contributed by atoms with Gasteiger partial charge in [0.1, 0.15) is 5.75 Å². The lowest BCUT2D eigenvalue weighted by molar-refractivity contribution is 0.0945. The number of likely N-dealkylation sites (N-methyl/N-ethyl adjacent to an activating group) is 1. The van der Waals surface area contributed by atoms with Gasteiger partial charge in [-0.25, -0.2) is 0 Å². The molecule has 0 bridgehead atoms. The van der Waals surface area contributed by atoms with Crippen molar-refractivity contribution in [2.75, 3.05) is 45.6 Å². The van der Waals surface area contributed by atoms with Gasteiger partial charge in [0.05, 0.1) is 6.61 Å². The summed E-state index contributed by atoms with van der Waals surface area (Å²) in [5.74, 6) is 0.903. The van der Waals surface area contributed by atoms with E-state index >= 15 is 0 Å². The average Bonchev–Trinajstić information content (AvgIpc) is 2.39. The van der Waals surface area contributed by atoms with E-state index in [1.54, 1.807) is 0 Å². The molecule has 1 aromatic carbocycles. The van der Waals surface area contributed by atoms with Crippen LogP contribution >= 0.6 is 0 Å². The molecule has 0 aliphatic carbocycles. The van der Waals surface area contributed by atoms with Crippen molar-refractivity contribution < 1.29 is 4.74 Å². The van der Waals surface area contributed by atoms with E-state index in [0.29, 0.717) is 6.04 Å². The van der Waals surface area contributed by atoms with Crippen molar-refractivity contribution >= 4 is 5.69 Å². The first kappa shape index (κ1) is 14.2. The van der Waals surface area contributed by atoms with Crippen LogP contribution in [0, 0.1) is 0 Å². The molecule has 1 saturated heterocycles. The van der Waals surface area contributed by atoms with Crippen LogP contribution < -0.4 is 10.5 Å². The van der Waals surface area contributed by atoms with Crippen molar-refractivity contribution in [2.24, 2.45) is 0 Å². The van der Waals surface area contributed by atoms with Crippen molar-refractivity contribution in [2.45, 2.75) is 19.4 Å². The molecule has 0 radical (unpaired) electrons. The molecule has 1 aliphatic heterocycles. The van der Waals surface area contributed by atoms with Gasteiger partial charge in [-0.1, -0.05) is 0 Å². The average molecular weight is 263 g/mol. The molecule has 0 aromatic heterocycles. The topological polar surface area (TPSA) is 41.7 Å². The normalized spacial score (nSPS) is 21.5. The van der Waals surface area contributed by atoms with E-state index in [1.807, 2.05) is 24.3 Å². The summed E-state index contributed by atoms with van der Waals surface area (Å²) in [5.41, 5.74) is 6.42. The summed E-state index contributed by atoms with van der Waals surface area (Å²) in [7, 11) is 2.19. The minimum atomic E-state index is 0.648. The lowest BCUT2D eigenvalue weighted by Crippen LogP contribution is -2.50. The molecule has 106 valence electrons. The van der Waals surface area contributed by atoms with Crippen molar-refractivity contribution in [1.29, 1.82) is 0 Å². The van der Waals surface area contributed by atoms with Crippen LogP contribution in [-0.4, -0.2) is 55.7 Å². The molecule has 4 heteroatoms. The van der Waals surface area contributed by atoms with Gasteiger partial charge in [-0.15, -0.1) is 0 Å². The second kappa shape index (κ2) is 6.78. The molecule has 1 unspecified atom stereocenters. The van der Waals surface area contributed by atoms with Gasteiger partial charge >= 0.3 is 0 Å². The maximum absolute atomic E-state index is 5.72. The molecule has 2 N–H and O–H groups in total. The summed E-state index contributed by atoms with van der Waals surface area (Å²) in [6.45, 7) is 7.69. The highest BCUT2D eigenvalue weighted by Gasteiger charge is 2.20. The van der Waals surface area contributed by atoms with Gasteiger partial charge in [-0.2, -0.15) is 0 Å². The summed E-state index contributed by atoms with van der Waals surface area (Å²) >= 11 is 0. The highest BCUT2D eigenvalue weighted by Crippen LogP contribution is 2.13. The SMILES string of the molecule is CC1CN(C)CCN1CCCOc1ccc(N)cc1. The minimum absolute atomic E-state index is 0.648. The standard InChI is InChI=1S/C15H25N3O/c1-13-12-17(2)9-10-18(13)8-3-11-19-15-6-4-14(16)5-7-15/h4-7,13H,3,8-12,16H2,1-2H3. The van der Waals surface area contributed by atoms with Crippen LogP contribution in [0.15, 0.2) is 24.3 Å². The molecule has 1 heterocycles. The predicted molar refractivity (Wildman–Crippen MR) is 79.5 cm³/mol. The Morgan fingerprint density at radius 2 is 2.00 bits per heavy atom. The summed E-state index contributed by atoms with van der Waals surface area (Å²) in [5, 5.41) is 0. The largest absolute Gasteiger partial charge is 0.494 e. The van der Waals surface area contributed by atoms with Crippen molar-refractivity contribution in [3.63, 3.8) is 0 Å². The van der Waals surface area contributed by atoms with Crippen molar-refractivity contribution in [3.8, 4) is 5.75 Å². The summed E-state index contributed by atoms with van der Waals surface area (Å²) < 4.78 is 5.72. The first-order valence-electron chi connectivity index (χ1n) is 7.06. The monoisotopic (exact) mass is 263 g/mol. The lowest BCUT2D eigenvalue weighted by Gasteiger charge is -2.38. The third-order valence-electron chi connectivity index (χ3n) is 3.71. The molecule has 1 atom stereocenters. The van der Waals surface area contributed by atoms with Crippen LogP contribution in [0.2, 0.25) is 0 Å². The second-order valence-corrected chi connectivity index (χ2v) is 5.42. The molecule has 19 heavy (non-hydrogen) atoms. The van der Waals surface area contributed by atoms with E-state index in [9.17, 15) is 0 Å². The summed E-state index contributed by atoms with van der Waals surface area (Å²) in [6, 6.07) is 8.24. The van der Waals surface area contributed by atoms with Crippen molar-refractivity contribution in [3.05, 3.63) is 24.3 Å². The minimum Gasteiger partial charge on any atom is -0.494 e. The van der Waals surface area contributed by atoms with E-state index in [-0.39, 0.29) is 0 Å². The third-order valence-corrected chi connectivity index (χ3v) is 3.71. The number of rotatable bonds is 5. The molecule has 2 rings (SSSR count). The highest BCUT2D eigenvalue weighted by molar-refractivity contribution is 5.41. The number of piperazine rings is 1. The second-order valence-electron chi connectivity index (χ2n) is 5.42. The van der Waals surface area contributed by atoms with E-state index in [2.05, 4.69) is 23.8 Å². The molecule has 4 nitrogen and oxygen atoms in total. The van der Waals surface area contributed by atoms with Crippen LogP contribution in [0.25, 0.3) is 0 Å². The quantitative estimate of drug-likeness (QED) is 0.648. The zero-order valence-electron chi connectivity index (χ0n) is 12.0. The summed E-state index contributed by atoms with van der Waals surface area (Å²) in [4.78, 5) is 4.94. The zero-order valence-corrected chi connectivity index (χ0v) is 12.0. The number of anilines is 1. The Morgan fingerprint density at radius 3 is 2.68 bits per heavy atom. The smallest absolute Gasteiger partial charge is 0.119 e. The van der Waals surface area contributed by atoms with Crippen LogP contribution in [0.1, 0.15) is 13.3 Å². The number of ether oxygens (including phenoxy) is 1. The maximum atomic E-state index is 5.72. The van der Waals surface area contributed by atoms with Gasteiger partial charge in [0, 0.05) is 37.9 Å². The molecule has 0 saturated carbocycles. The fourth-order valence-corrected chi connectivity index (χ4v) is 2.53. The van der Waals surface area contributed by atoms with Crippen LogP contribution in [-0.2, 0) is 0 Å². The maximum Gasteiger partial charge on any atom is 0.119 e. The van der Waals surface area contributed by atoms with Crippen LogP contribution in [0.3, 0.4) is 0 Å². The summed E-state index contributed by atoms with van der Waals surface area (Å²) in [6.07, 6.45) is 1.07. The fourth-order valence-electron chi connectivity index (χ4n) is 2.53. The van der Waals surface area contributed by atoms with Gasteiger partial charge in [-0.05, 0) is 44.7 Å². The number of hydrogen-bond donors (Lipinski definition) is 1. The van der Waals surface area contributed by atoms with Crippen molar-refractivity contribution in [1.82, 2.24) is 9.80 Å². The van der Waals surface area contributed by atoms with E-state index in [0.717, 1.165) is 31.0 Å².